The maximum atomic E-state index is 12.8. The van der Waals surface area contributed by atoms with E-state index in [4.69, 9.17) is 0 Å². The summed E-state index contributed by atoms with van der Waals surface area (Å²) in [4.78, 5) is 13.9. The van der Waals surface area contributed by atoms with Gasteiger partial charge < -0.3 is 10.4 Å². The molecule has 2 unspecified atom stereocenters. The summed E-state index contributed by atoms with van der Waals surface area (Å²) in [6.45, 7) is 0. The number of carbonyl (C=O) groups is 1. The smallest absolute Gasteiger partial charge is 0.237 e. The van der Waals surface area contributed by atoms with E-state index in [2.05, 4.69) is 5.32 Å². The van der Waals surface area contributed by atoms with E-state index < -0.39 is 6.10 Å². The minimum atomic E-state index is -0.533. The van der Waals surface area contributed by atoms with E-state index in [1.165, 1.54) is 0 Å². The highest BCUT2D eigenvalue weighted by Gasteiger charge is 2.52. The van der Waals surface area contributed by atoms with E-state index in [-0.39, 0.29) is 16.7 Å². The molecule has 0 radical (unpaired) electrons. The lowest BCUT2D eigenvalue weighted by Crippen LogP contribution is -2.40. The van der Waals surface area contributed by atoms with Crippen molar-refractivity contribution in [3.05, 3.63) is 65.7 Å². The van der Waals surface area contributed by atoms with Gasteiger partial charge >= 0.3 is 0 Å². The molecule has 0 heterocycles. The van der Waals surface area contributed by atoms with Gasteiger partial charge in [0, 0.05) is 11.3 Å². The van der Waals surface area contributed by atoms with Crippen LogP contribution in [0.3, 0.4) is 0 Å². The average molecular weight is 325 g/mol. The molecule has 2 aromatic rings. The van der Waals surface area contributed by atoms with Gasteiger partial charge in [0.15, 0.2) is 0 Å². The number of nitrogens with one attached hydrogen (secondary N) is 1. The molecule has 2 aromatic carbocycles. The second kappa shape index (κ2) is 5.69. The fourth-order valence-electron chi connectivity index (χ4n) is 3.22. The maximum absolute atomic E-state index is 12.8. The Bertz CT molecular complexity index is 727. The Labute approximate surface area is 140 Å². The maximum Gasteiger partial charge on any atom is 0.237 e. The van der Waals surface area contributed by atoms with Crippen molar-refractivity contribution < 1.29 is 9.90 Å². The standard InChI is InChI=1S/C19H19NO2S/c21-16-12-13-6-4-5-9-15(13)17(16)20-18(22)19(10-11-19)23-14-7-2-1-3-8-14/h1-9,16-17,21H,10-12H2,(H,20,22). The minimum absolute atomic E-state index is 0.0482. The van der Waals surface area contributed by atoms with Gasteiger partial charge in [0.2, 0.25) is 5.91 Å². The lowest BCUT2D eigenvalue weighted by molar-refractivity contribution is -0.122. The minimum Gasteiger partial charge on any atom is -0.390 e. The molecule has 118 valence electrons. The Morgan fingerprint density at radius 3 is 2.52 bits per heavy atom. The first kappa shape index (κ1) is 14.8. The second-order valence-electron chi connectivity index (χ2n) is 6.33. The molecule has 4 heteroatoms. The van der Waals surface area contributed by atoms with Crippen LogP contribution < -0.4 is 5.32 Å². The summed E-state index contributed by atoms with van der Waals surface area (Å²) in [5, 5.41) is 13.4. The van der Waals surface area contributed by atoms with Gasteiger partial charge in [-0.1, -0.05) is 42.5 Å². The highest BCUT2D eigenvalue weighted by atomic mass is 32.2. The first-order chi connectivity index (χ1) is 11.2. The lowest BCUT2D eigenvalue weighted by Gasteiger charge is -2.22. The SMILES string of the molecule is O=C(NC1c2ccccc2CC1O)C1(Sc2ccccc2)CC1. The Morgan fingerprint density at radius 2 is 1.78 bits per heavy atom. The highest BCUT2D eigenvalue weighted by Crippen LogP contribution is 2.52. The molecule has 0 aromatic heterocycles. The zero-order valence-corrected chi connectivity index (χ0v) is 13.6. The van der Waals surface area contributed by atoms with Crippen LogP contribution in [0.4, 0.5) is 0 Å². The molecule has 4 rings (SSSR count). The van der Waals surface area contributed by atoms with Crippen LogP contribution in [0.2, 0.25) is 0 Å². The zero-order chi connectivity index (χ0) is 15.9. The van der Waals surface area contributed by atoms with Crippen LogP contribution in [0.15, 0.2) is 59.5 Å². The summed E-state index contributed by atoms with van der Waals surface area (Å²) in [6.07, 6.45) is 1.86. The van der Waals surface area contributed by atoms with E-state index in [0.717, 1.165) is 28.9 Å². The third-order valence-electron chi connectivity index (χ3n) is 4.66. The lowest BCUT2D eigenvalue weighted by atomic mass is 10.1. The molecule has 23 heavy (non-hydrogen) atoms. The summed E-state index contributed by atoms with van der Waals surface area (Å²) in [5.74, 6) is 0.0482. The molecule has 1 amide bonds. The van der Waals surface area contributed by atoms with Crippen LogP contribution in [0.1, 0.15) is 30.0 Å². The summed E-state index contributed by atoms with van der Waals surface area (Å²) in [7, 11) is 0. The third-order valence-corrected chi connectivity index (χ3v) is 6.16. The fourth-order valence-corrected chi connectivity index (χ4v) is 4.43. The number of aliphatic hydroxyl groups excluding tert-OH is 1. The monoisotopic (exact) mass is 325 g/mol. The van der Waals surface area contributed by atoms with Gasteiger partial charge in [-0.25, -0.2) is 0 Å². The van der Waals surface area contributed by atoms with Crippen molar-refractivity contribution in [1.82, 2.24) is 5.32 Å². The summed E-state index contributed by atoms with van der Waals surface area (Å²) < 4.78 is -0.362. The Hall–Kier alpha value is -1.78. The number of amides is 1. The fraction of sp³-hybridized carbons (Fsp3) is 0.316. The largest absolute Gasteiger partial charge is 0.390 e. The van der Waals surface area contributed by atoms with E-state index in [0.29, 0.717) is 6.42 Å². The van der Waals surface area contributed by atoms with Crippen molar-refractivity contribution in [2.45, 2.75) is 41.1 Å². The number of hydrogen-bond donors (Lipinski definition) is 2. The number of hydrogen-bond acceptors (Lipinski definition) is 3. The normalized spacial score (nSPS) is 24.0. The predicted octanol–water partition coefficient (Wildman–Crippen LogP) is 3.09. The van der Waals surface area contributed by atoms with Gasteiger partial charge in [0.05, 0.1) is 16.9 Å². The molecule has 3 nitrogen and oxygen atoms in total. The number of carbonyl (C=O) groups excluding carboxylic acids is 1. The van der Waals surface area contributed by atoms with E-state index >= 15 is 0 Å². The topological polar surface area (TPSA) is 49.3 Å². The van der Waals surface area contributed by atoms with E-state index in [9.17, 15) is 9.90 Å². The van der Waals surface area contributed by atoms with Crippen molar-refractivity contribution in [3.63, 3.8) is 0 Å². The van der Waals surface area contributed by atoms with Crippen LogP contribution in [0, 0.1) is 0 Å². The quantitative estimate of drug-likeness (QED) is 0.908. The summed E-state index contributed by atoms with van der Waals surface area (Å²) in [5.41, 5.74) is 2.18. The first-order valence-electron chi connectivity index (χ1n) is 7.99. The molecule has 2 aliphatic rings. The van der Waals surface area contributed by atoms with Gasteiger partial charge in [0.25, 0.3) is 0 Å². The van der Waals surface area contributed by atoms with Gasteiger partial charge in [-0.3, -0.25) is 4.79 Å². The van der Waals surface area contributed by atoms with Crippen molar-refractivity contribution >= 4 is 17.7 Å². The second-order valence-corrected chi connectivity index (χ2v) is 7.79. The number of aliphatic hydroxyl groups is 1. The van der Waals surface area contributed by atoms with Gasteiger partial charge in [-0.15, -0.1) is 11.8 Å². The average Bonchev–Trinajstić information content (AvgIpc) is 3.28. The highest BCUT2D eigenvalue weighted by molar-refractivity contribution is 8.01. The number of thioether (sulfide) groups is 1. The zero-order valence-electron chi connectivity index (χ0n) is 12.7. The number of rotatable bonds is 4. The third kappa shape index (κ3) is 2.77. The van der Waals surface area contributed by atoms with Gasteiger partial charge in [-0.05, 0) is 36.1 Å². The molecule has 0 spiro atoms. The van der Waals surface area contributed by atoms with Crippen LogP contribution in [0.25, 0.3) is 0 Å². The molecule has 1 fully saturated rings. The Morgan fingerprint density at radius 1 is 1.09 bits per heavy atom. The molecule has 0 bridgehead atoms. The molecule has 1 saturated carbocycles. The Kier molecular flexibility index (Phi) is 3.66. The van der Waals surface area contributed by atoms with Crippen molar-refractivity contribution in [2.75, 3.05) is 0 Å². The molecular weight excluding hydrogens is 306 g/mol. The molecule has 2 atom stereocenters. The molecule has 0 aliphatic heterocycles. The van der Waals surface area contributed by atoms with Crippen molar-refractivity contribution in [2.24, 2.45) is 0 Å². The van der Waals surface area contributed by atoms with Crippen molar-refractivity contribution in [1.29, 1.82) is 0 Å². The molecule has 2 N–H and O–H groups in total. The van der Waals surface area contributed by atoms with Crippen LogP contribution in [-0.4, -0.2) is 21.9 Å². The van der Waals surface area contributed by atoms with E-state index in [1.54, 1.807) is 11.8 Å². The molecular formula is C19H19NO2S. The molecule has 2 aliphatic carbocycles. The van der Waals surface area contributed by atoms with Gasteiger partial charge in [-0.2, -0.15) is 0 Å². The van der Waals surface area contributed by atoms with Crippen LogP contribution in [0.5, 0.6) is 0 Å². The van der Waals surface area contributed by atoms with E-state index in [1.807, 2.05) is 54.6 Å². The van der Waals surface area contributed by atoms with Crippen LogP contribution in [-0.2, 0) is 11.2 Å². The first-order valence-corrected chi connectivity index (χ1v) is 8.80. The Balaban J connectivity index is 1.50. The summed E-state index contributed by atoms with van der Waals surface area (Å²) >= 11 is 1.64. The predicted molar refractivity (Wildman–Crippen MR) is 91.3 cm³/mol. The number of benzene rings is 2. The van der Waals surface area contributed by atoms with Crippen molar-refractivity contribution in [3.8, 4) is 0 Å². The summed E-state index contributed by atoms with van der Waals surface area (Å²) in [6, 6.07) is 17.7. The molecule has 0 saturated heterocycles. The van der Waals surface area contributed by atoms with Gasteiger partial charge in [0.1, 0.15) is 0 Å². The van der Waals surface area contributed by atoms with Crippen LogP contribution >= 0.6 is 11.8 Å². The number of fused-ring (bicyclic) bond motifs is 1.